The minimum absolute atomic E-state index is 0.155. The molecule has 0 saturated heterocycles. The molecule has 2 aromatic carbocycles. The lowest BCUT2D eigenvalue weighted by atomic mass is 10.2. The van der Waals surface area contributed by atoms with Crippen molar-refractivity contribution in [2.45, 2.75) is 6.54 Å². The van der Waals surface area contributed by atoms with Crippen LogP contribution in [0.5, 0.6) is 0 Å². The predicted molar refractivity (Wildman–Crippen MR) is 94.0 cm³/mol. The molecule has 5 nitrogen and oxygen atoms in total. The van der Waals surface area contributed by atoms with Gasteiger partial charge >= 0.3 is 0 Å². The van der Waals surface area contributed by atoms with Gasteiger partial charge in [0.1, 0.15) is 0 Å². The van der Waals surface area contributed by atoms with E-state index < -0.39 is 0 Å². The van der Waals surface area contributed by atoms with E-state index in [0.717, 1.165) is 11.3 Å². The first-order valence-corrected chi connectivity index (χ1v) is 7.67. The average Bonchev–Trinajstić information content (AvgIpc) is 2.63. The highest BCUT2D eigenvalue weighted by Gasteiger charge is 2.14. The Morgan fingerprint density at radius 1 is 0.917 bits per heavy atom. The van der Waals surface area contributed by atoms with Crippen LogP contribution in [-0.2, 0) is 6.54 Å². The van der Waals surface area contributed by atoms with Crippen LogP contribution in [-0.4, -0.2) is 28.1 Å². The Morgan fingerprint density at radius 2 is 1.58 bits per heavy atom. The molecule has 1 heterocycles. The number of aromatic nitrogens is 2. The van der Waals surface area contributed by atoms with Crippen molar-refractivity contribution in [2.24, 2.45) is 0 Å². The molecule has 1 aromatic heterocycles. The van der Waals surface area contributed by atoms with Crippen molar-refractivity contribution in [1.29, 1.82) is 0 Å². The van der Waals surface area contributed by atoms with Crippen LogP contribution in [0.3, 0.4) is 0 Å². The smallest absolute Gasteiger partial charge is 0.274 e. The number of carbonyl (C=O) groups is 1. The first-order chi connectivity index (χ1) is 11.7. The molecule has 3 rings (SSSR count). The van der Waals surface area contributed by atoms with Crippen LogP contribution in [0.25, 0.3) is 0 Å². The van der Waals surface area contributed by atoms with E-state index in [2.05, 4.69) is 15.5 Å². The highest BCUT2D eigenvalue weighted by Crippen LogP contribution is 2.13. The summed E-state index contributed by atoms with van der Waals surface area (Å²) < 4.78 is 0. The quantitative estimate of drug-likeness (QED) is 0.782. The molecule has 0 fully saturated rings. The minimum atomic E-state index is -0.155. The Labute approximate surface area is 141 Å². The molecule has 120 valence electrons. The van der Waals surface area contributed by atoms with Gasteiger partial charge in [-0.05, 0) is 29.8 Å². The maximum absolute atomic E-state index is 12.4. The molecule has 0 bridgehead atoms. The molecule has 0 unspecified atom stereocenters. The van der Waals surface area contributed by atoms with Gasteiger partial charge in [0.2, 0.25) is 0 Å². The summed E-state index contributed by atoms with van der Waals surface area (Å²) >= 11 is 0. The first-order valence-electron chi connectivity index (χ1n) is 7.67. The second-order valence-corrected chi connectivity index (χ2v) is 5.44. The number of amides is 1. The number of para-hydroxylation sites is 1. The van der Waals surface area contributed by atoms with E-state index in [0.29, 0.717) is 18.1 Å². The standard InChI is InChI=1S/C19H18N4O/c1-23(14-15-8-4-2-5-9-15)19(24)17-12-13-18(22-21-17)20-16-10-6-3-7-11-16/h2-13H,14H2,1H3,(H,20,22). The van der Waals surface area contributed by atoms with E-state index in [1.54, 1.807) is 24.1 Å². The van der Waals surface area contributed by atoms with Crippen LogP contribution in [0.4, 0.5) is 11.5 Å². The summed E-state index contributed by atoms with van der Waals surface area (Å²) in [5.41, 5.74) is 2.32. The number of benzene rings is 2. The lowest BCUT2D eigenvalue weighted by molar-refractivity contribution is 0.0778. The van der Waals surface area contributed by atoms with E-state index in [4.69, 9.17) is 0 Å². The number of nitrogens with zero attached hydrogens (tertiary/aromatic N) is 3. The maximum atomic E-state index is 12.4. The van der Waals surface area contributed by atoms with Crippen molar-refractivity contribution >= 4 is 17.4 Å². The van der Waals surface area contributed by atoms with Crippen molar-refractivity contribution < 1.29 is 4.79 Å². The molecule has 0 radical (unpaired) electrons. The van der Waals surface area contributed by atoms with Crippen LogP contribution >= 0.6 is 0 Å². The third kappa shape index (κ3) is 3.95. The van der Waals surface area contributed by atoms with Crippen LogP contribution in [0, 0.1) is 0 Å². The largest absolute Gasteiger partial charge is 0.339 e. The molecule has 0 saturated carbocycles. The average molecular weight is 318 g/mol. The van der Waals surface area contributed by atoms with Crippen LogP contribution < -0.4 is 5.32 Å². The molecular formula is C19H18N4O. The van der Waals surface area contributed by atoms with Crippen molar-refractivity contribution in [3.63, 3.8) is 0 Å². The topological polar surface area (TPSA) is 58.1 Å². The van der Waals surface area contributed by atoms with E-state index in [-0.39, 0.29) is 5.91 Å². The highest BCUT2D eigenvalue weighted by atomic mass is 16.2. The Balaban J connectivity index is 1.65. The van der Waals surface area contributed by atoms with Crippen LogP contribution in [0.15, 0.2) is 72.8 Å². The summed E-state index contributed by atoms with van der Waals surface area (Å²) in [5.74, 6) is 0.445. The number of hydrogen-bond donors (Lipinski definition) is 1. The lowest BCUT2D eigenvalue weighted by Gasteiger charge is -2.16. The first kappa shape index (κ1) is 15.7. The molecule has 0 aliphatic heterocycles. The third-order valence-corrected chi connectivity index (χ3v) is 3.54. The van der Waals surface area contributed by atoms with Gasteiger partial charge in [-0.2, -0.15) is 0 Å². The van der Waals surface area contributed by atoms with Gasteiger partial charge in [0.15, 0.2) is 11.5 Å². The molecule has 0 aliphatic rings. The molecule has 0 atom stereocenters. The van der Waals surface area contributed by atoms with Crippen molar-refractivity contribution in [3.05, 3.63) is 84.1 Å². The zero-order valence-corrected chi connectivity index (χ0v) is 13.4. The fourth-order valence-electron chi connectivity index (χ4n) is 2.31. The van der Waals surface area contributed by atoms with Gasteiger partial charge < -0.3 is 10.2 Å². The molecule has 24 heavy (non-hydrogen) atoms. The minimum Gasteiger partial charge on any atom is -0.339 e. The van der Waals surface area contributed by atoms with Gasteiger partial charge in [-0.1, -0.05) is 48.5 Å². The van der Waals surface area contributed by atoms with Gasteiger partial charge in [0, 0.05) is 19.3 Å². The summed E-state index contributed by atoms with van der Waals surface area (Å²) in [4.78, 5) is 14.1. The Morgan fingerprint density at radius 3 is 2.21 bits per heavy atom. The van der Waals surface area contributed by atoms with E-state index >= 15 is 0 Å². The number of carbonyl (C=O) groups excluding carboxylic acids is 1. The van der Waals surface area contributed by atoms with E-state index in [1.807, 2.05) is 60.7 Å². The van der Waals surface area contributed by atoms with Crippen molar-refractivity contribution in [2.75, 3.05) is 12.4 Å². The molecular weight excluding hydrogens is 300 g/mol. The fourth-order valence-corrected chi connectivity index (χ4v) is 2.31. The lowest BCUT2D eigenvalue weighted by Crippen LogP contribution is -2.27. The summed E-state index contributed by atoms with van der Waals surface area (Å²) in [6.45, 7) is 0.533. The van der Waals surface area contributed by atoms with Gasteiger partial charge in [-0.15, -0.1) is 10.2 Å². The zero-order valence-electron chi connectivity index (χ0n) is 13.4. The summed E-state index contributed by atoms with van der Waals surface area (Å²) in [6, 6.07) is 23.0. The SMILES string of the molecule is CN(Cc1ccccc1)C(=O)c1ccc(Nc2ccccc2)nn1. The van der Waals surface area contributed by atoms with Crippen LogP contribution in [0.2, 0.25) is 0 Å². The molecule has 5 heteroatoms. The molecule has 0 spiro atoms. The highest BCUT2D eigenvalue weighted by molar-refractivity contribution is 5.92. The van der Waals surface area contributed by atoms with Gasteiger partial charge in [0.05, 0.1) is 0 Å². The van der Waals surface area contributed by atoms with Gasteiger partial charge in [0.25, 0.3) is 5.91 Å². The number of anilines is 2. The van der Waals surface area contributed by atoms with E-state index in [9.17, 15) is 4.79 Å². The monoisotopic (exact) mass is 318 g/mol. The normalized spacial score (nSPS) is 10.2. The summed E-state index contributed by atoms with van der Waals surface area (Å²) in [6.07, 6.45) is 0. The predicted octanol–water partition coefficient (Wildman–Crippen LogP) is 3.49. The second kappa shape index (κ2) is 7.37. The molecule has 1 N–H and O–H groups in total. The maximum Gasteiger partial charge on any atom is 0.274 e. The Hall–Kier alpha value is -3.21. The summed E-state index contributed by atoms with van der Waals surface area (Å²) in [7, 11) is 1.76. The number of hydrogen-bond acceptors (Lipinski definition) is 4. The van der Waals surface area contributed by atoms with Crippen LogP contribution in [0.1, 0.15) is 16.1 Å². The molecule has 0 aliphatic carbocycles. The molecule has 1 amide bonds. The van der Waals surface area contributed by atoms with Crippen molar-refractivity contribution in [3.8, 4) is 0 Å². The van der Waals surface area contributed by atoms with Crippen molar-refractivity contribution in [1.82, 2.24) is 15.1 Å². The fraction of sp³-hybridized carbons (Fsp3) is 0.105. The summed E-state index contributed by atoms with van der Waals surface area (Å²) in [5, 5.41) is 11.3. The second-order valence-electron chi connectivity index (χ2n) is 5.44. The van der Waals surface area contributed by atoms with Gasteiger partial charge in [-0.25, -0.2) is 0 Å². The Kier molecular flexibility index (Phi) is 4.81. The third-order valence-electron chi connectivity index (χ3n) is 3.54. The van der Waals surface area contributed by atoms with E-state index in [1.165, 1.54) is 0 Å². The number of nitrogens with one attached hydrogen (secondary N) is 1. The molecule has 3 aromatic rings. The van der Waals surface area contributed by atoms with Gasteiger partial charge in [-0.3, -0.25) is 4.79 Å². The Bertz CT molecular complexity index is 789. The number of rotatable bonds is 5. The zero-order chi connectivity index (χ0) is 16.8.